The van der Waals surface area contributed by atoms with Gasteiger partial charge in [0.1, 0.15) is 6.61 Å². The molecule has 0 aliphatic rings. The van der Waals surface area contributed by atoms with Gasteiger partial charge in [0.2, 0.25) is 0 Å². The summed E-state index contributed by atoms with van der Waals surface area (Å²) in [7, 11) is 0. The molecule has 0 radical (unpaired) electrons. The molecule has 0 heterocycles. The lowest BCUT2D eigenvalue weighted by atomic mass is 10.5. The van der Waals surface area contributed by atoms with E-state index in [0.717, 1.165) is 6.42 Å². The zero-order valence-corrected chi connectivity index (χ0v) is 5.27. The van der Waals surface area contributed by atoms with Crippen LogP contribution in [0.15, 0.2) is 0 Å². The molecule has 0 aromatic heterocycles. The molecule has 42 valence electrons. The van der Waals surface area contributed by atoms with Crippen molar-refractivity contribution in [2.75, 3.05) is 6.61 Å². The van der Waals surface area contributed by atoms with Gasteiger partial charge in [0.05, 0.1) is 0 Å². The molecule has 0 N–H and O–H groups in total. The Morgan fingerprint density at radius 2 is 2.29 bits per heavy atom. The van der Waals surface area contributed by atoms with Crippen molar-refractivity contribution in [1.29, 1.82) is 5.26 Å². The van der Waals surface area contributed by atoms with Crippen molar-refractivity contribution in [1.82, 2.24) is 0 Å². The van der Waals surface area contributed by atoms with Gasteiger partial charge in [0, 0.05) is 0 Å². The summed E-state index contributed by atoms with van der Waals surface area (Å²) in [6.07, 6.45) is 2.48. The number of nitrogens with zero attached hydrogens (tertiary/aromatic N) is 1. The highest BCUT2D eigenvalue weighted by Gasteiger charge is 1.71. The Balaban J connectivity index is 0. The molecule has 0 saturated heterocycles. The summed E-state index contributed by atoms with van der Waals surface area (Å²) in [4.78, 5) is 0. The first-order valence-corrected chi connectivity index (χ1v) is 1.92. The van der Waals surface area contributed by atoms with Gasteiger partial charge >= 0.3 is 0 Å². The van der Waals surface area contributed by atoms with Crippen LogP contribution in [0.1, 0.15) is 13.3 Å². The average molecular weight is 119 g/mol. The fraction of sp³-hybridized carbons (Fsp3) is 0.750. The Morgan fingerprint density at radius 3 is 2.43 bits per heavy atom. The highest BCUT2D eigenvalue weighted by Crippen LogP contribution is 1.73. The van der Waals surface area contributed by atoms with Gasteiger partial charge in [-0.1, -0.05) is 6.92 Å². The Labute approximate surface area is 50.5 Å². The van der Waals surface area contributed by atoms with Crippen LogP contribution in [0.3, 0.4) is 0 Å². The zero-order chi connectivity index (χ0) is 4.83. The molecular weight excluding hydrogens is 110 g/mol. The molecule has 0 rings (SSSR count). The van der Waals surface area contributed by atoms with Gasteiger partial charge in [-0.2, -0.15) is 18.8 Å². The Hall–Kier alpha value is -0.360. The minimum Gasteiger partial charge on any atom is -0.428 e. The fourth-order valence-corrected chi connectivity index (χ4v) is 0.148. The van der Waals surface area contributed by atoms with Gasteiger partial charge in [-0.3, -0.25) is 0 Å². The minimum atomic E-state index is 0. The second-order valence-corrected chi connectivity index (χ2v) is 0.940. The van der Waals surface area contributed by atoms with E-state index in [4.69, 9.17) is 5.26 Å². The molecule has 7 heavy (non-hydrogen) atoms. The van der Waals surface area contributed by atoms with Crippen LogP contribution < -0.4 is 0 Å². The number of nitriles is 1. The second-order valence-electron chi connectivity index (χ2n) is 0.940. The van der Waals surface area contributed by atoms with E-state index in [1.54, 1.807) is 6.26 Å². The van der Waals surface area contributed by atoms with Crippen molar-refractivity contribution in [2.45, 2.75) is 13.3 Å². The third-order valence-electron chi connectivity index (χ3n) is 0.371. The third-order valence-corrected chi connectivity index (χ3v) is 0.371. The quantitative estimate of drug-likeness (QED) is 0.401. The highest BCUT2D eigenvalue weighted by molar-refractivity contribution is 7.59. The van der Waals surface area contributed by atoms with E-state index in [-0.39, 0.29) is 13.5 Å². The summed E-state index contributed by atoms with van der Waals surface area (Å²) in [6, 6.07) is 0. The van der Waals surface area contributed by atoms with Gasteiger partial charge in [-0.25, -0.2) is 0 Å². The SMILES string of the molecule is CCCOC#N.S. The summed E-state index contributed by atoms with van der Waals surface area (Å²) >= 11 is 0. The largest absolute Gasteiger partial charge is 0.428 e. The van der Waals surface area contributed by atoms with Crippen LogP contribution in [0.25, 0.3) is 0 Å². The molecule has 0 fully saturated rings. The van der Waals surface area contributed by atoms with E-state index in [9.17, 15) is 0 Å². The first-order valence-electron chi connectivity index (χ1n) is 1.92. The van der Waals surface area contributed by atoms with Crippen molar-refractivity contribution < 1.29 is 4.74 Å². The summed E-state index contributed by atoms with van der Waals surface area (Å²) in [5.74, 6) is 0. The Kier molecular flexibility index (Phi) is 12.8. The standard InChI is InChI=1S/C4H7NO.H2S/c1-2-3-6-4-5;/h2-3H2,1H3;1H2. The molecule has 0 aromatic carbocycles. The molecule has 2 nitrogen and oxygen atoms in total. The predicted octanol–water partition coefficient (Wildman–Crippen LogP) is 1.01. The van der Waals surface area contributed by atoms with E-state index in [1.165, 1.54) is 0 Å². The van der Waals surface area contributed by atoms with Crippen molar-refractivity contribution in [2.24, 2.45) is 0 Å². The number of rotatable bonds is 2. The maximum Gasteiger partial charge on any atom is 0.286 e. The van der Waals surface area contributed by atoms with Gasteiger partial charge < -0.3 is 4.74 Å². The molecule has 0 atom stereocenters. The normalized spacial score (nSPS) is 5.71. The molecule has 0 aliphatic carbocycles. The predicted molar refractivity (Wildman–Crippen MR) is 32.2 cm³/mol. The average Bonchev–Trinajstić information content (AvgIpc) is 1.61. The molecule has 0 bridgehead atoms. The highest BCUT2D eigenvalue weighted by atomic mass is 32.1. The van der Waals surface area contributed by atoms with Crippen LogP contribution in [0.5, 0.6) is 0 Å². The molecular formula is C4H9NOS. The van der Waals surface area contributed by atoms with Crippen LogP contribution in [-0.4, -0.2) is 6.61 Å². The van der Waals surface area contributed by atoms with E-state index in [1.807, 2.05) is 6.92 Å². The van der Waals surface area contributed by atoms with Gasteiger partial charge in [0.25, 0.3) is 6.26 Å². The summed E-state index contributed by atoms with van der Waals surface area (Å²) in [5.41, 5.74) is 0. The van der Waals surface area contributed by atoms with E-state index < -0.39 is 0 Å². The van der Waals surface area contributed by atoms with Crippen LogP contribution in [0, 0.1) is 11.5 Å². The topological polar surface area (TPSA) is 33.0 Å². The molecule has 0 aromatic rings. The smallest absolute Gasteiger partial charge is 0.286 e. The second kappa shape index (κ2) is 9.16. The van der Waals surface area contributed by atoms with Gasteiger partial charge in [-0.15, -0.1) is 0 Å². The van der Waals surface area contributed by atoms with Crippen molar-refractivity contribution in [3.8, 4) is 6.26 Å². The number of hydrogen-bond acceptors (Lipinski definition) is 2. The molecule has 0 amide bonds. The third kappa shape index (κ3) is 10.7. The maximum atomic E-state index is 7.73. The van der Waals surface area contributed by atoms with Crippen LogP contribution in [0.2, 0.25) is 0 Å². The first-order chi connectivity index (χ1) is 2.91. The maximum absolute atomic E-state index is 7.73. The molecule has 0 spiro atoms. The Bertz CT molecular complexity index is 59.2. The van der Waals surface area contributed by atoms with Crippen molar-refractivity contribution in [3.63, 3.8) is 0 Å². The molecule has 3 heteroatoms. The molecule has 0 saturated carbocycles. The lowest BCUT2D eigenvalue weighted by molar-refractivity contribution is 0.270. The van der Waals surface area contributed by atoms with Crippen LogP contribution in [-0.2, 0) is 4.74 Å². The zero-order valence-electron chi connectivity index (χ0n) is 4.27. The van der Waals surface area contributed by atoms with Crippen LogP contribution in [0.4, 0.5) is 0 Å². The summed E-state index contributed by atoms with van der Waals surface area (Å²) in [6.45, 7) is 2.51. The number of hydrogen-bond donors (Lipinski definition) is 0. The van der Waals surface area contributed by atoms with E-state index in [2.05, 4.69) is 4.74 Å². The molecule has 0 unspecified atom stereocenters. The molecule has 0 aliphatic heterocycles. The van der Waals surface area contributed by atoms with E-state index in [0.29, 0.717) is 6.61 Å². The minimum absolute atomic E-state index is 0. The Morgan fingerprint density at radius 1 is 1.71 bits per heavy atom. The first kappa shape index (κ1) is 9.81. The number of ether oxygens (including phenoxy) is 1. The van der Waals surface area contributed by atoms with Crippen molar-refractivity contribution >= 4 is 13.5 Å². The lowest BCUT2D eigenvalue weighted by Crippen LogP contribution is -1.80. The van der Waals surface area contributed by atoms with Crippen LogP contribution >= 0.6 is 13.5 Å². The fourth-order valence-electron chi connectivity index (χ4n) is 0.148. The lowest BCUT2D eigenvalue weighted by Gasteiger charge is -1.83. The van der Waals surface area contributed by atoms with Gasteiger partial charge in [0.15, 0.2) is 0 Å². The summed E-state index contributed by atoms with van der Waals surface area (Å²) < 4.78 is 4.29. The summed E-state index contributed by atoms with van der Waals surface area (Å²) in [5, 5.41) is 7.73. The van der Waals surface area contributed by atoms with Gasteiger partial charge in [-0.05, 0) is 6.42 Å². The van der Waals surface area contributed by atoms with E-state index >= 15 is 0 Å². The monoisotopic (exact) mass is 119 g/mol. The van der Waals surface area contributed by atoms with Crippen molar-refractivity contribution in [3.05, 3.63) is 0 Å².